The summed E-state index contributed by atoms with van der Waals surface area (Å²) in [6, 6.07) is 93.9. The van der Waals surface area contributed by atoms with Gasteiger partial charge in [-0.15, -0.1) is 0 Å². The molecule has 0 spiro atoms. The quantitative estimate of drug-likeness (QED) is 0.134. The second-order valence-corrected chi connectivity index (χ2v) is 15.4. The Morgan fingerprint density at radius 1 is 0.164 bits per heavy atom. The molecule has 0 atom stereocenters. The van der Waals surface area contributed by atoms with Crippen LogP contribution >= 0.6 is 0 Å². The molecule has 10 aromatic carbocycles. The van der Waals surface area contributed by atoms with Crippen molar-refractivity contribution >= 4 is 17.1 Å². The molecule has 0 saturated heterocycles. The van der Waals surface area contributed by atoms with Crippen LogP contribution in [-0.2, 0) is 0 Å². The van der Waals surface area contributed by atoms with Gasteiger partial charge in [0.1, 0.15) is 0 Å². The van der Waals surface area contributed by atoms with E-state index in [0.717, 1.165) is 22.6 Å². The van der Waals surface area contributed by atoms with E-state index >= 15 is 0 Å². The van der Waals surface area contributed by atoms with Gasteiger partial charge in [-0.25, -0.2) is 0 Å². The third kappa shape index (κ3) is 8.06. The molecule has 0 saturated carbocycles. The molecule has 10 rings (SSSR count). The van der Waals surface area contributed by atoms with Crippen LogP contribution < -0.4 is 4.90 Å². The van der Waals surface area contributed by atoms with Crippen LogP contribution in [0.1, 0.15) is 0 Å². The van der Waals surface area contributed by atoms with Crippen LogP contribution in [0.4, 0.5) is 17.1 Å². The van der Waals surface area contributed by atoms with Gasteiger partial charge in [0.05, 0.1) is 0 Å². The topological polar surface area (TPSA) is 3.24 Å². The largest absolute Gasteiger partial charge is 0.311 e. The zero-order chi connectivity index (χ0) is 40.8. The van der Waals surface area contributed by atoms with E-state index in [1.807, 2.05) is 0 Å². The number of benzene rings is 10. The maximum absolute atomic E-state index is 2.35. The summed E-state index contributed by atoms with van der Waals surface area (Å²) >= 11 is 0. The molecular formula is C60H43N. The molecule has 1 nitrogen and oxygen atoms in total. The van der Waals surface area contributed by atoms with Crippen molar-refractivity contribution in [3.63, 3.8) is 0 Å². The molecule has 0 aromatic heterocycles. The minimum atomic E-state index is 1.09. The summed E-state index contributed by atoms with van der Waals surface area (Å²) in [5.74, 6) is 0. The molecule has 0 heterocycles. The van der Waals surface area contributed by atoms with Gasteiger partial charge in [0, 0.05) is 17.1 Å². The lowest BCUT2D eigenvalue weighted by Crippen LogP contribution is -2.09. The van der Waals surface area contributed by atoms with Crippen molar-refractivity contribution in [3.05, 3.63) is 261 Å². The van der Waals surface area contributed by atoms with E-state index in [2.05, 4.69) is 266 Å². The van der Waals surface area contributed by atoms with E-state index < -0.39 is 0 Å². The summed E-state index contributed by atoms with van der Waals surface area (Å²) in [5.41, 5.74) is 20.0. The Morgan fingerprint density at radius 2 is 0.393 bits per heavy atom. The number of rotatable bonds is 10. The summed E-state index contributed by atoms with van der Waals surface area (Å²) < 4.78 is 0. The van der Waals surface area contributed by atoms with Crippen LogP contribution in [0.2, 0.25) is 0 Å². The Bertz CT molecular complexity index is 2890. The monoisotopic (exact) mass is 777 g/mol. The predicted molar refractivity (Wildman–Crippen MR) is 259 cm³/mol. The average Bonchev–Trinajstić information content (AvgIpc) is 3.36. The first-order valence-corrected chi connectivity index (χ1v) is 20.9. The van der Waals surface area contributed by atoms with E-state index in [-0.39, 0.29) is 0 Å². The highest BCUT2D eigenvalue weighted by molar-refractivity contribution is 5.89. The van der Waals surface area contributed by atoms with Crippen LogP contribution in [0.25, 0.3) is 77.9 Å². The van der Waals surface area contributed by atoms with Gasteiger partial charge >= 0.3 is 0 Å². The number of anilines is 3. The van der Waals surface area contributed by atoms with Crippen LogP contribution in [0.5, 0.6) is 0 Å². The SMILES string of the molecule is c1ccc(-c2ccc(-c3ccc(-c4ccc(N(c5ccc(-c6ccccc6)cc5)c5ccc(-c6ccccc6)cc5)cc4)c(-c4ccc(-c5ccccc5)cc4)c3)cc2)cc1. The lowest BCUT2D eigenvalue weighted by atomic mass is 9.90. The van der Waals surface area contributed by atoms with E-state index in [1.165, 1.54) is 72.3 Å². The summed E-state index contributed by atoms with van der Waals surface area (Å²) in [6.07, 6.45) is 0. The summed E-state index contributed by atoms with van der Waals surface area (Å²) in [5, 5.41) is 0. The van der Waals surface area contributed by atoms with Crippen LogP contribution in [0, 0.1) is 0 Å². The van der Waals surface area contributed by atoms with Crippen LogP contribution in [-0.4, -0.2) is 0 Å². The van der Waals surface area contributed by atoms with Gasteiger partial charge in [-0.05, 0) is 120 Å². The maximum Gasteiger partial charge on any atom is 0.0462 e. The molecular weight excluding hydrogens is 735 g/mol. The van der Waals surface area contributed by atoms with Crippen molar-refractivity contribution in [2.24, 2.45) is 0 Å². The van der Waals surface area contributed by atoms with Crippen LogP contribution in [0.3, 0.4) is 0 Å². The standard InChI is InChI=1S/C60H43N/c1-5-13-44(14-6-1)48-21-23-52(24-22-48)55-35-42-59(60(43-55)54-27-25-49(26-28-54)45-15-7-2-8-16-45)53-33-40-58(41-34-53)61(56-36-29-50(30-37-56)46-17-9-3-10-18-46)57-38-31-51(32-39-57)47-19-11-4-12-20-47/h1-43H. The second kappa shape index (κ2) is 17.1. The second-order valence-electron chi connectivity index (χ2n) is 15.4. The van der Waals surface area contributed by atoms with Gasteiger partial charge in [0.25, 0.3) is 0 Å². The van der Waals surface area contributed by atoms with E-state index in [9.17, 15) is 0 Å². The third-order valence-electron chi connectivity index (χ3n) is 11.5. The Kier molecular flexibility index (Phi) is 10.4. The Hall–Kier alpha value is -8.00. The first-order chi connectivity index (χ1) is 30.2. The molecule has 288 valence electrons. The highest BCUT2D eigenvalue weighted by Crippen LogP contribution is 2.41. The zero-order valence-electron chi connectivity index (χ0n) is 33.8. The van der Waals surface area contributed by atoms with Gasteiger partial charge in [-0.1, -0.05) is 218 Å². The minimum Gasteiger partial charge on any atom is -0.311 e. The highest BCUT2D eigenvalue weighted by Gasteiger charge is 2.16. The predicted octanol–water partition coefficient (Wildman–Crippen LogP) is 16.8. The average molecular weight is 778 g/mol. The van der Waals surface area contributed by atoms with Crippen molar-refractivity contribution in [3.8, 4) is 77.9 Å². The first-order valence-electron chi connectivity index (χ1n) is 20.9. The summed E-state index contributed by atoms with van der Waals surface area (Å²) in [6.45, 7) is 0. The Morgan fingerprint density at radius 3 is 0.738 bits per heavy atom. The fourth-order valence-electron chi connectivity index (χ4n) is 8.28. The molecule has 0 N–H and O–H groups in total. The smallest absolute Gasteiger partial charge is 0.0462 e. The fraction of sp³-hybridized carbons (Fsp3) is 0. The van der Waals surface area contributed by atoms with Crippen molar-refractivity contribution in [1.29, 1.82) is 0 Å². The third-order valence-corrected chi connectivity index (χ3v) is 11.5. The molecule has 0 aliphatic rings. The molecule has 0 amide bonds. The van der Waals surface area contributed by atoms with Gasteiger partial charge < -0.3 is 4.90 Å². The molecule has 0 radical (unpaired) electrons. The fourth-order valence-corrected chi connectivity index (χ4v) is 8.28. The summed E-state index contributed by atoms with van der Waals surface area (Å²) in [4.78, 5) is 2.35. The van der Waals surface area contributed by atoms with Crippen molar-refractivity contribution < 1.29 is 0 Å². The highest BCUT2D eigenvalue weighted by atomic mass is 15.1. The molecule has 1 heteroatoms. The lowest BCUT2D eigenvalue weighted by molar-refractivity contribution is 1.28. The number of hydrogen-bond acceptors (Lipinski definition) is 1. The zero-order valence-corrected chi connectivity index (χ0v) is 33.8. The summed E-state index contributed by atoms with van der Waals surface area (Å²) in [7, 11) is 0. The number of nitrogens with zero attached hydrogens (tertiary/aromatic N) is 1. The Balaban J connectivity index is 1.03. The minimum absolute atomic E-state index is 1.09. The van der Waals surface area contributed by atoms with E-state index in [4.69, 9.17) is 0 Å². The molecule has 10 aromatic rings. The van der Waals surface area contributed by atoms with Crippen LogP contribution in [0.15, 0.2) is 261 Å². The van der Waals surface area contributed by atoms with Crippen molar-refractivity contribution in [1.82, 2.24) is 0 Å². The van der Waals surface area contributed by atoms with E-state index in [0.29, 0.717) is 0 Å². The first kappa shape index (κ1) is 37.3. The normalized spacial score (nSPS) is 11.0. The molecule has 61 heavy (non-hydrogen) atoms. The van der Waals surface area contributed by atoms with Gasteiger partial charge in [0.2, 0.25) is 0 Å². The molecule has 0 bridgehead atoms. The van der Waals surface area contributed by atoms with Crippen molar-refractivity contribution in [2.75, 3.05) is 4.90 Å². The van der Waals surface area contributed by atoms with Gasteiger partial charge in [0.15, 0.2) is 0 Å². The van der Waals surface area contributed by atoms with E-state index in [1.54, 1.807) is 0 Å². The van der Waals surface area contributed by atoms with Crippen molar-refractivity contribution in [2.45, 2.75) is 0 Å². The van der Waals surface area contributed by atoms with Gasteiger partial charge in [-0.3, -0.25) is 0 Å². The van der Waals surface area contributed by atoms with Gasteiger partial charge in [-0.2, -0.15) is 0 Å². The maximum atomic E-state index is 2.35. The molecule has 0 fully saturated rings. The lowest BCUT2D eigenvalue weighted by Gasteiger charge is -2.26. The molecule has 0 aliphatic heterocycles. The molecule has 0 aliphatic carbocycles. The number of hydrogen-bond donors (Lipinski definition) is 0. The molecule has 0 unspecified atom stereocenters. The Labute approximate surface area is 359 Å².